The smallest absolute Gasteiger partial charge is 0.0596 e. The fourth-order valence-corrected chi connectivity index (χ4v) is 3.64. The van der Waals surface area contributed by atoms with Crippen LogP contribution in [0.2, 0.25) is 0 Å². The van der Waals surface area contributed by atoms with Crippen LogP contribution in [0.25, 0.3) is 0 Å². The zero-order valence-corrected chi connectivity index (χ0v) is 12.2. The second-order valence-corrected chi connectivity index (χ2v) is 6.20. The Morgan fingerprint density at radius 2 is 2.16 bits per heavy atom. The molecule has 4 heteroatoms. The first-order chi connectivity index (χ1) is 9.22. The molecule has 2 bridgehead atoms. The molecule has 0 aromatic carbocycles. The Hall–Kier alpha value is -0.870. The molecule has 1 N–H and O–H groups in total. The molecule has 2 aliphatic rings. The second kappa shape index (κ2) is 5.63. The lowest BCUT2D eigenvalue weighted by Crippen LogP contribution is -2.44. The SMILES string of the molecule is Cc1cc(C)n(CCCNC2CCN3CCC2C3)n1. The summed E-state index contributed by atoms with van der Waals surface area (Å²) in [4.78, 5) is 2.61. The van der Waals surface area contributed by atoms with E-state index in [0.717, 1.165) is 30.7 Å². The molecule has 1 aromatic rings. The van der Waals surface area contributed by atoms with Crippen molar-refractivity contribution < 1.29 is 0 Å². The molecule has 3 heterocycles. The molecule has 19 heavy (non-hydrogen) atoms. The molecule has 2 aliphatic heterocycles. The lowest BCUT2D eigenvalue weighted by molar-refractivity contribution is 0.220. The molecule has 0 spiro atoms. The van der Waals surface area contributed by atoms with Gasteiger partial charge in [0.2, 0.25) is 0 Å². The van der Waals surface area contributed by atoms with Crippen LogP contribution in [0.1, 0.15) is 30.7 Å². The van der Waals surface area contributed by atoms with Crippen molar-refractivity contribution in [2.24, 2.45) is 5.92 Å². The Labute approximate surface area is 116 Å². The minimum Gasteiger partial charge on any atom is -0.314 e. The molecule has 1 aromatic heterocycles. The van der Waals surface area contributed by atoms with Gasteiger partial charge in [0.05, 0.1) is 5.69 Å². The van der Waals surface area contributed by atoms with Crippen molar-refractivity contribution in [3.63, 3.8) is 0 Å². The zero-order valence-electron chi connectivity index (χ0n) is 12.2. The summed E-state index contributed by atoms with van der Waals surface area (Å²) >= 11 is 0. The molecule has 2 saturated heterocycles. The molecule has 2 fully saturated rings. The highest BCUT2D eigenvalue weighted by molar-refractivity contribution is 5.06. The highest BCUT2D eigenvalue weighted by Crippen LogP contribution is 2.26. The van der Waals surface area contributed by atoms with Crippen molar-refractivity contribution in [3.8, 4) is 0 Å². The van der Waals surface area contributed by atoms with Gasteiger partial charge in [-0.05, 0) is 64.7 Å². The molecule has 0 amide bonds. The molecule has 3 atom stereocenters. The van der Waals surface area contributed by atoms with Gasteiger partial charge < -0.3 is 10.2 Å². The summed E-state index contributed by atoms with van der Waals surface area (Å²) in [5.41, 5.74) is 2.41. The van der Waals surface area contributed by atoms with Crippen LogP contribution in [0.4, 0.5) is 0 Å². The molecule has 0 aliphatic carbocycles. The van der Waals surface area contributed by atoms with Gasteiger partial charge in [-0.25, -0.2) is 0 Å². The topological polar surface area (TPSA) is 33.1 Å². The van der Waals surface area contributed by atoms with Gasteiger partial charge in [-0.2, -0.15) is 5.10 Å². The Kier molecular flexibility index (Phi) is 3.89. The highest BCUT2D eigenvalue weighted by atomic mass is 15.3. The maximum atomic E-state index is 4.51. The number of hydrogen-bond donors (Lipinski definition) is 1. The summed E-state index contributed by atoms with van der Waals surface area (Å²) < 4.78 is 2.13. The van der Waals surface area contributed by atoms with E-state index in [1.807, 2.05) is 0 Å². The van der Waals surface area contributed by atoms with Gasteiger partial charge in [0.15, 0.2) is 0 Å². The van der Waals surface area contributed by atoms with Crippen LogP contribution >= 0.6 is 0 Å². The van der Waals surface area contributed by atoms with E-state index in [9.17, 15) is 0 Å². The van der Waals surface area contributed by atoms with Crippen LogP contribution < -0.4 is 5.32 Å². The largest absolute Gasteiger partial charge is 0.314 e. The molecule has 0 radical (unpaired) electrons. The van der Waals surface area contributed by atoms with Gasteiger partial charge in [0, 0.05) is 24.8 Å². The minimum absolute atomic E-state index is 0.763. The molecule has 0 saturated carbocycles. The summed E-state index contributed by atoms with van der Waals surface area (Å²) in [6, 6.07) is 2.92. The molecule has 106 valence electrons. The van der Waals surface area contributed by atoms with Crippen molar-refractivity contribution in [1.29, 1.82) is 0 Å². The van der Waals surface area contributed by atoms with Crippen molar-refractivity contribution in [2.75, 3.05) is 26.2 Å². The van der Waals surface area contributed by atoms with Crippen LogP contribution in [-0.4, -0.2) is 46.9 Å². The van der Waals surface area contributed by atoms with E-state index in [-0.39, 0.29) is 0 Å². The Balaban J connectivity index is 1.40. The van der Waals surface area contributed by atoms with E-state index in [0.29, 0.717) is 0 Å². The number of rotatable bonds is 5. The minimum atomic E-state index is 0.763. The third-order valence-electron chi connectivity index (χ3n) is 4.69. The molecular weight excluding hydrogens is 236 g/mol. The Morgan fingerprint density at radius 3 is 2.95 bits per heavy atom. The predicted octanol–water partition coefficient (Wildman–Crippen LogP) is 1.57. The van der Waals surface area contributed by atoms with Gasteiger partial charge in [-0.15, -0.1) is 0 Å². The lowest BCUT2D eigenvalue weighted by Gasteiger charge is -2.31. The highest BCUT2D eigenvalue weighted by Gasteiger charge is 2.33. The number of aromatic nitrogens is 2. The van der Waals surface area contributed by atoms with Gasteiger partial charge in [-0.1, -0.05) is 0 Å². The fraction of sp³-hybridized carbons (Fsp3) is 0.800. The predicted molar refractivity (Wildman–Crippen MR) is 77.3 cm³/mol. The van der Waals surface area contributed by atoms with Crippen molar-refractivity contribution in [1.82, 2.24) is 20.0 Å². The van der Waals surface area contributed by atoms with Crippen LogP contribution in [0.15, 0.2) is 6.07 Å². The first kappa shape index (κ1) is 13.1. The number of hydrogen-bond acceptors (Lipinski definition) is 3. The van der Waals surface area contributed by atoms with Crippen molar-refractivity contribution in [3.05, 3.63) is 17.5 Å². The lowest BCUT2D eigenvalue weighted by atomic mass is 9.94. The van der Waals surface area contributed by atoms with Crippen molar-refractivity contribution in [2.45, 2.75) is 45.7 Å². The third-order valence-corrected chi connectivity index (χ3v) is 4.69. The van der Waals surface area contributed by atoms with E-state index < -0.39 is 0 Å². The normalized spacial score (nSPS) is 29.9. The van der Waals surface area contributed by atoms with Crippen LogP contribution in [-0.2, 0) is 6.54 Å². The number of piperidine rings is 1. The average molecular weight is 262 g/mol. The van der Waals surface area contributed by atoms with Crippen LogP contribution in [0, 0.1) is 19.8 Å². The van der Waals surface area contributed by atoms with Gasteiger partial charge in [-0.3, -0.25) is 4.68 Å². The standard InChI is InChI=1S/C15H26N4/c1-12-10-13(2)19(17-12)7-3-6-16-15-5-9-18-8-4-14(15)11-18/h10,14-16H,3-9,11H2,1-2H3. The van der Waals surface area contributed by atoms with E-state index in [4.69, 9.17) is 0 Å². The summed E-state index contributed by atoms with van der Waals surface area (Å²) in [6.45, 7) is 10.3. The summed E-state index contributed by atoms with van der Waals surface area (Å²) in [5, 5.41) is 8.29. The first-order valence-corrected chi connectivity index (χ1v) is 7.69. The number of nitrogens with zero attached hydrogens (tertiary/aromatic N) is 3. The molecule has 3 unspecified atom stereocenters. The van der Waals surface area contributed by atoms with E-state index in [1.165, 1.54) is 44.6 Å². The monoisotopic (exact) mass is 262 g/mol. The average Bonchev–Trinajstić information content (AvgIpc) is 2.92. The van der Waals surface area contributed by atoms with Crippen LogP contribution in [0.3, 0.4) is 0 Å². The third kappa shape index (κ3) is 3.00. The van der Waals surface area contributed by atoms with E-state index in [2.05, 4.69) is 39.9 Å². The van der Waals surface area contributed by atoms with Crippen LogP contribution in [0.5, 0.6) is 0 Å². The maximum absolute atomic E-state index is 4.51. The molecule has 3 rings (SSSR count). The number of nitrogens with one attached hydrogen (secondary N) is 1. The van der Waals surface area contributed by atoms with E-state index in [1.54, 1.807) is 0 Å². The van der Waals surface area contributed by atoms with E-state index >= 15 is 0 Å². The number of fused-ring (bicyclic) bond motifs is 2. The van der Waals surface area contributed by atoms with Crippen molar-refractivity contribution >= 4 is 0 Å². The van der Waals surface area contributed by atoms with Gasteiger partial charge in [0.25, 0.3) is 0 Å². The first-order valence-electron chi connectivity index (χ1n) is 7.69. The van der Waals surface area contributed by atoms with Gasteiger partial charge >= 0.3 is 0 Å². The quantitative estimate of drug-likeness (QED) is 0.818. The summed E-state index contributed by atoms with van der Waals surface area (Å²) in [7, 11) is 0. The Morgan fingerprint density at radius 1 is 1.32 bits per heavy atom. The summed E-state index contributed by atoms with van der Waals surface area (Å²) in [6.07, 6.45) is 3.91. The molecular formula is C15H26N4. The summed E-state index contributed by atoms with van der Waals surface area (Å²) in [5.74, 6) is 0.905. The fourth-order valence-electron chi connectivity index (χ4n) is 3.64. The Bertz CT molecular complexity index is 426. The molecule has 4 nitrogen and oxygen atoms in total. The van der Waals surface area contributed by atoms with Gasteiger partial charge in [0.1, 0.15) is 0 Å². The zero-order chi connectivity index (χ0) is 13.2. The number of aryl methyl sites for hydroxylation is 3. The second-order valence-electron chi connectivity index (χ2n) is 6.20. The maximum Gasteiger partial charge on any atom is 0.0596 e.